The predicted octanol–water partition coefficient (Wildman–Crippen LogP) is 3.60. The maximum absolute atomic E-state index is 10.6. The first-order valence-corrected chi connectivity index (χ1v) is 7.20. The Hall–Kier alpha value is -1.51. The van der Waals surface area contributed by atoms with Crippen molar-refractivity contribution in [3.8, 4) is 11.5 Å². The molecule has 5 heteroatoms. The third-order valence-corrected chi connectivity index (χ3v) is 4.40. The molecule has 0 aromatic heterocycles. The van der Waals surface area contributed by atoms with Crippen LogP contribution >= 0.6 is 11.6 Å². The van der Waals surface area contributed by atoms with Crippen molar-refractivity contribution in [2.75, 3.05) is 7.11 Å². The first kappa shape index (κ1) is 13.5. The van der Waals surface area contributed by atoms with Crippen LogP contribution in [0.15, 0.2) is 17.1 Å². The van der Waals surface area contributed by atoms with E-state index in [-0.39, 0.29) is 6.10 Å². The fourth-order valence-electron chi connectivity index (χ4n) is 2.46. The lowest BCUT2D eigenvalue weighted by molar-refractivity contribution is 0.116. The number of methoxy groups -OCH3 is 1. The number of benzene rings is 1. The Morgan fingerprint density at radius 3 is 2.60 bits per heavy atom. The predicted molar refractivity (Wildman–Crippen MR) is 75.3 cm³/mol. The Bertz CT molecular complexity index is 573. The molecule has 0 bridgehead atoms. The van der Waals surface area contributed by atoms with Crippen LogP contribution in [-0.2, 0) is 10.3 Å². The average Bonchev–Trinajstić information content (AvgIpc) is 3.15. The number of hydrogen-bond acceptors (Lipinski definition) is 4. The van der Waals surface area contributed by atoms with Crippen LogP contribution in [0, 0.1) is 0 Å². The summed E-state index contributed by atoms with van der Waals surface area (Å²) in [5.74, 6) is 1.31. The number of ether oxygens (including phenoxy) is 2. The lowest BCUT2D eigenvalue weighted by Crippen LogP contribution is -2.25. The van der Waals surface area contributed by atoms with Crippen molar-refractivity contribution >= 4 is 17.7 Å². The van der Waals surface area contributed by atoms with Gasteiger partial charge in [0.15, 0.2) is 11.5 Å². The van der Waals surface area contributed by atoms with Gasteiger partial charge < -0.3 is 9.47 Å². The van der Waals surface area contributed by atoms with Gasteiger partial charge in [-0.05, 0) is 38.2 Å². The van der Waals surface area contributed by atoms with Gasteiger partial charge in [-0.25, -0.2) is 4.79 Å². The number of nitrogens with zero attached hydrogens (tertiary/aromatic N) is 1. The van der Waals surface area contributed by atoms with Gasteiger partial charge >= 0.3 is 0 Å². The molecule has 3 rings (SSSR count). The summed E-state index contributed by atoms with van der Waals surface area (Å²) in [6.45, 7) is 0. The second kappa shape index (κ2) is 5.12. The minimum atomic E-state index is -0.497. The molecule has 0 heterocycles. The van der Waals surface area contributed by atoms with Gasteiger partial charge in [0.05, 0.1) is 23.8 Å². The van der Waals surface area contributed by atoms with Crippen molar-refractivity contribution in [3.05, 3.63) is 22.7 Å². The minimum Gasteiger partial charge on any atom is -0.493 e. The molecule has 4 nitrogen and oxygen atoms in total. The Balaban J connectivity index is 1.97. The molecular weight excluding hydrogens is 278 g/mol. The maximum atomic E-state index is 10.6. The van der Waals surface area contributed by atoms with E-state index in [1.54, 1.807) is 19.3 Å². The summed E-state index contributed by atoms with van der Waals surface area (Å²) in [5.41, 5.74) is 0.334. The summed E-state index contributed by atoms with van der Waals surface area (Å²) in [5, 5.41) is 0.555. The summed E-state index contributed by atoms with van der Waals surface area (Å²) in [6, 6.07) is 3.61. The fraction of sp³-hybridized carbons (Fsp3) is 0.533. The highest BCUT2D eigenvalue weighted by molar-refractivity contribution is 6.31. The zero-order valence-electron chi connectivity index (χ0n) is 11.3. The molecule has 1 aromatic rings. The SMILES string of the molecule is COc1cc(Cl)c(C2(N=C=O)CC2)cc1OC1CCC1. The summed E-state index contributed by atoms with van der Waals surface area (Å²) < 4.78 is 11.3. The molecular formula is C15H16ClNO3. The standard InChI is InChI=1S/C15H16ClNO3/c1-19-13-8-12(16)11(15(5-6-15)17-9-18)7-14(13)20-10-3-2-4-10/h7-8,10H,2-6H2,1H3. The first-order chi connectivity index (χ1) is 9.68. The monoisotopic (exact) mass is 293 g/mol. The van der Waals surface area contributed by atoms with Crippen LogP contribution < -0.4 is 9.47 Å². The first-order valence-electron chi connectivity index (χ1n) is 6.82. The molecule has 0 amide bonds. The van der Waals surface area contributed by atoms with Crippen molar-refractivity contribution in [2.24, 2.45) is 4.99 Å². The van der Waals surface area contributed by atoms with Gasteiger partial charge in [-0.1, -0.05) is 11.6 Å². The number of isocyanates is 1. The van der Waals surface area contributed by atoms with Crippen molar-refractivity contribution in [1.82, 2.24) is 0 Å². The van der Waals surface area contributed by atoms with Crippen LogP contribution in [0.25, 0.3) is 0 Å². The Labute approximate surface area is 122 Å². The molecule has 1 aromatic carbocycles. The molecule has 0 atom stereocenters. The Kier molecular flexibility index (Phi) is 3.45. The third kappa shape index (κ3) is 2.30. The van der Waals surface area contributed by atoms with Gasteiger partial charge in [0, 0.05) is 11.6 Å². The molecule has 0 saturated heterocycles. The second-order valence-electron chi connectivity index (χ2n) is 5.39. The Morgan fingerprint density at radius 2 is 2.10 bits per heavy atom. The zero-order valence-corrected chi connectivity index (χ0v) is 12.1. The molecule has 0 unspecified atom stereocenters. The summed E-state index contributed by atoms with van der Waals surface area (Å²) in [4.78, 5) is 14.5. The zero-order chi connectivity index (χ0) is 14.2. The molecule has 2 fully saturated rings. The van der Waals surface area contributed by atoms with Crippen molar-refractivity contribution in [1.29, 1.82) is 0 Å². The molecule has 0 radical (unpaired) electrons. The van der Waals surface area contributed by atoms with Gasteiger partial charge in [0.1, 0.15) is 0 Å². The van der Waals surface area contributed by atoms with E-state index in [2.05, 4.69) is 4.99 Å². The number of carbonyl (C=O) groups excluding carboxylic acids is 1. The van der Waals surface area contributed by atoms with Crippen LogP contribution in [0.3, 0.4) is 0 Å². The van der Waals surface area contributed by atoms with Crippen molar-refractivity contribution in [2.45, 2.75) is 43.7 Å². The van der Waals surface area contributed by atoms with Gasteiger partial charge in [-0.3, -0.25) is 0 Å². The van der Waals surface area contributed by atoms with Crippen molar-refractivity contribution in [3.63, 3.8) is 0 Å². The second-order valence-corrected chi connectivity index (χ2v) is 5.80. The molecule has 20 heavy (non-hydrogen) atoms. The van der Waals surface area contributed by atoms with E-state index >= 15 is 0 Å². The highest BCUT2D eigenvalue weighted by atomic mass is 35.5. The van der Waals surface area contributed by atoms with Crippen LogP contribution in [0.5, 0.6) is 11.5 Å². The highest BCUT2D eigenvalue weighted by Crippen LogP contribution is 2.53. The fourth-order valence-corrected chi connectivity index (χ4v) is 2.79. The van der Waals surface area contributed by atoms with Gasteiger partial charge in [0.25, 0.3) is 0 Å². The molecule has 2 aliphatic carbocycles. The molecule has 2 aliphatic rings. The average molecular weight is 294 g/mol. The highest BCUT2D eigenvalue weighted by Gasteiger charge is 2.46. The van der Waals surface area contributed by atoms with Gasteiger partial charge in [0.2, 0.25) is 6.08 Å². The van der Waals surface area contributed by atoms with Crippen LogP contribution in [0.1, 0.15) is 37.7 Å². The van der Waals surface area contributed by atoms with E-state index in [4.69, 9.17) is 21.1 Å². The van der Waals surface area contributed by atoms with Crippen LogP contribution in [0.4, 0.5) is 0 Å². The lowest BCUT2D eigenvalue weighted by Gasteiger charge is -2.28. The molecule has 0 spiro atoms. The smallest absolute Gasteiger partial charge is 0.235 e. The van der Waals surface area contributed by atoms with E-state index in [1.165, 1.54) is 6.42 Å². The molecule has 2 saturated carbocycles. The van der Waals surface area contributed by atoms with E-state index in [1.807, 2.05) is 6.07 Å². The summed E-state index contributed by atoms with van der Waals surface area (Å²) >= 11 is 6.30. The topological polar surface area (TPSA) is 47.9 Å². The number of rotatable bonds is 5. The Morgan fingerprint density at radius 1 is 1.35 bits per heavy atom. The normalized spacial score (nSPS) is 19.7. The van der Waals surface area contributed by atoms with E-state index in [9.17, 15) is 4.79 Å². The number of hydrogen-bond donors (Lipinski definition) is 0. The summed E-state index contributed by atoms with van der Waals surface area (Å²) in [6.07, 6.45) is 6.87. The molecule has 0 N–H and O–H groups in total. The summed E-state index contributed by atoms with van der Waals surface area (Å²) in [7, 11) is 1.59. The quantitative estimate of drug-likeness (QED) is 0.615. The van der Waals surface area contributed by atoms with Crippen LogP contribution in [-0.4, -0.2) is 19.3 Å². The van der Waals surface area contributed by atoms with Gasteiger partial charge in [-0.15, -0.1) is 0 Å². The van der Waals surface area contributed by atoms with E-state index in [0.29, 0.717) is 16.5 Å². The largest absolute Gasteiger partial charge is 0.493 e. The van der Waals surface area contributed by atoms with Crippen LogP contribution in [0.2, 0.25) is 5.02 Å². The number of aliphatic imine (C=N–C) groups is 1. The molecule has 106 valence electrons. The van der Waals surface area contributed by atoms with Gasteiger partial charge in [-0.2, -0.15) is 4.99 Å². The maximum Gasteiger partial charge on any atom is 0.235 e. The van der Waals surface area contributed by atoms with Crippen molar-refractivity contribution < 1.29 is 14.3 Å². The van der Waals surface area contributed by atoms with E-state index in [0.717, 1.165) is 31.2 Å². The molecule has 0 aliphatic heterocycles. The minimum absolute atomic E-state index is 0.252. The number of halogens is 1. The lowest BCUT2D eigenvalue weighted by atomic mass is 9.96. The third-order valence-electron chi connectivity index (χ3n) is 4.08. The van der Waals surface area contributed by atoms with E-state index < -0.39 is 5.54 Å².